The third kappa shape index (κ3) is 3.51. The van der Waals surface area contributed by atoms with Gasteiger partial charge in [-0.15, -0.1) is 0 Å². The van der Waals surface area contributed by atoms with E-state index in [-0.39, 0.29) is 12.0 Å². The van der Waals surface area contributed by atoms with Crippen molar-refractivity contribution in [2.24, 2.45) is 5.92 Å². The maximum absolute atomic E-state index is 11.5. The summed E-state index contributed by atoms with van der Waals surface area (Å²) in [5, 5.41) is 0. The van der Waals surface area contributed by atoms with Gasteiger partial charge in [0.05, 0.1) is 4.05 Å². The Morgan fingerprint density at radius 3 is 2.86 bits per heavy atom. The lowest BCUT2D eigenvalue weighted by Crippen LogP contribution is -2.47. The van der Waals surface area contributed by atoms with E-state index < -0.39 is 0 Å². The summed E-state index contributed by atoms with van der Waals surface area (Å²) in [6.07, 6.45) is 1.96. The van der Waals surface area contributed by atoms with Gasteiger partial charge in [0.2, 0.25) is 0 Å². The topological polar surface area (TPSA) is 38.8 Å². The van der Waals surface area contributed by atoms with Gasteiger partial charge in [0.25, 0.3) is 0 Å². The van der Waals surface area contributed by atoms with E-state index in [2.05, 4.69) is 27.5 Å². The number of halogens is 1. The highest BCUT2D eigenvalue weighted by molar-refractivity contribution is 14.1. The summed E-state index contributed by atoms with van der Waals surface area (Å²) in [6, 6.07) is 7.80. The maximum Gasteiger partial charge on any atom is 0.161 e. The van der Waals surface area contributed by atoms with Crippen LogP contribution in [-0.2, 0) is 4.79 Å². The summed E-state index contributed by atoms with van der Waals surface area (Å²) < 4.78 is 12.2. The van der Waals surface area contributed by atoms with Crippen LogP contribution in [-0.4, -0.2) is 40.5 Å². The van der Waals surface area contributed by atoms with Crippen LogP contribution in [0.4, 0.5) is 0 Å². The fraction of sp³-hybridized carbons (Fsp3) is 0.562. The first-order chi connectivity index (χ1) is 10.1. The molecule has 3 atom stereocenters. The molecule has 0 aromatic heterocycles. The second kappa shape index (κ2) is 6.52. The van der Waals surface area contributed by atoms with E-state index in [1.54, 1.807) is 6.92 Å². The molecular weight excluding hydrogens is 381 g/mol. The minimum atomic E-state index is 0.0612. The van der Waals surface area contributed by atoms with Crippen LogP contribution in [0.3, 0.4) is 0 Å². The fourth-order valence-corrected chi connectivity index (χ4v) is 4.07. The molecule has 3 unspecified atom stereocenters. The second-order valence-corrected chi connectivity index (χ2v) is 7.20. The summed E-state index contributed by atoms with van der Waals surface area (Å²) >= 11 is 2.44. The Morgan fingerprint density at radius 1 is 1.38 bits per heavy atom. The number of carbonyl (C=O) groups excluding carboxylic acids is 1. The van der Waals surface area contributed by atoms with Gasteiger partial charge in [0.15, 0.2) is 11.5 Å². The van der Waals surface area contributed by atoms with E-state index in [0.29, 0.717) is 16.4 Å². The monoisotopic (exact) mass is 401 g/mol. The van der Waals surface area contributed by atoms with Crippen LogP contribution in [0, 0.1) is 5.92 Å². The van der Waals surface area contributed by atoms with Crippen LogP contribution in [0.25, 0.3) is 0 Å². The SMILES string of the molecule is CC(=O)C1CCN(CC2COc3ccccc3O2)C(I)C1. The quantitative estimate of drug-likeness (QED) is 0.444. The number of piperidine rings is 1. The summed E-state index contributed by atoms with van der Waals surface area (Å²) in [6.45, 7) is 4.11. The van der Waals surface area contributed by atoms with Crippen LogP contribution in [0.15, 0.2) is 24.3 Å². The zero-order chi connectivity index (χ0) is 14.8. The van der Waals surface area contributed by atoms with Gasteiger partial charge in [-0.1, -0.05) is 34.7 Å². The first-order valence-electron chi connectivity index (χ1n) is 7.40. The molecule has 1 aromatic rings. The number of para-hydroxylation sites is 2. The Kier molecular flexibility index (Phi) is 4.69. The molecule has 0 N–H and O–H groups in total. The van der Waals surface area contributed by atoms with Gasteiger partial charge in [-0.25, -0.2) is 0 Å². The zero-order valence-electron chi connectivity index (χ0n) is 12.1. The number of fused-ring (bicyclic) bond motifs is 1. The molecule has 4 nitrogen and oxygen atoms in total. The predicted molar refractivity (Wildman–Crippen MR) is 89.1 cm³/mol. The molecule has 2 aliphatic heterocycles. The van der Waals surface area contributed by atoms with Crippen LogP contribution < -0.4 is 9.47 Å². The number of benzene rings is 1. The largest absolute Gasteiger partial charge is 0.486 e. The number of alkyl halides is 1. The Labute approximate surface area is 138 Å². The predicted octanol–water partition coefficient (Wildman–Crippen LogP) is 2.89. The maximum atomic E-state index is 11.5. The highest BCUT2D eigenvalue weighted by atomic mass is 127. The average molecular weight is 401 g/mol. The number of hydrogen-bond acceptors (Lipinski definition) is 4. The van der Waals surface area contributed by atoms with Crippen molar-refractivity contribution >= 4 is 28.4 Å². The lowest BCUT2D eigenvalue weighted by atomic mass is 9.93. The summed E-state index contributed by atoms with van der Waals surface area (Å²) in [5.74, 6) is 2.21. The van der Waals surface area contributed by atoms with Gasteiger partial charge in [0, 0.05) is 19.0 Å². The number of ketones is 1. The minimum Gasteiger partial charge on any atom is -0.486 e. The Morgan fingerprint density at radius 2 is 2.14 bits per heavy atom. The zero-order valence-corrected chi connectivity index (χ0v) is 14.3. The van der Waals surface area contributed by atoms with Crippen molar-refractivity contribution < 1.29 is 14.3 Å². The van der Waals surface area contributed by atoms with Gasteiger partial charge < -0.3 is 9.47 Å². The first-order valence-corrected chi connectivity index (χ1v) is 8.65. The number of hydrogen-bond donors (Lipinski definition) is 0. The molecule has 114 valence electrons. The van der Waals surface area contributed by atoms with E-state index in [1.165, 1.54) is 0 Å². The van der Waals surface area contributed by atoms with Crippen molar-refractivity contribution in [1.29, 1.82) is 0 Å². The van der Waals surface area contributed by atoms with Crippen LogP contribution in [0.5, 0.6) is 11.5 Å². The second-order valence-electron chi connectivity index (χ2n) is 5.76. The number of Topliss-reactive ketones (excluding diaryl/α,β-unsaturated/α-hetero) is 1. The Balaban J connectivity index is 1.57. The standard InChI is InChI=1S/C16H20INO3/c1-11(19)12-6-7-18(16(17)8-12)9-13-10-20-14-4-2-3-5-15(14)21-13/h2-5,12-13,16H,6-10H2,1H3. The van der Waals surface area contributed by atoms with Gasteiger partial charge in [0.1, 0.15) is 18.5 Å². The molecule has 2 heterocycles. The third-order valence-corrected chi connectivity index (χ3v) is 5.52. The number of likely N-dealkylation sites (tertiary alicyclic amines) is 1. The molecule has 0 saturated carbocycles. The lowest BCUT2D eigenvalue weighted by molar-refractivity contribution is -0.122. The van der Waals surface area contributed by atoms with Gasteiger partial charge in [-0.3, -0.25) is 9.69 Å². The molecule has 3 rings (SSSR count). The molecule has 1 aromatic carbocycles. The molecule has 1 fully saturated rings. The normalized spacial score (nSPS) is 29.1. The van der Waals surface area contributed by atoms with Gasteiger partial charge in [-0.05, 0) is 31.9 Å². The molecule has 2 aliphatic rings. The molecule has 21 heavy (non-hydrogen) atoms. The van der Waals surface area contributed by atoms with E-state index in [9.17, 15) is 4.79 Å². The Bertz CT molecular complexity index is 522. The number of carbonyl (C=O) groups is 1. The van der Waals surface area contributed by atoms with Crippen molar-refractivity contribution in [3.8, 4) is 11.5 Å². The molecule has 0 bridgehead atoms. The van der Waals surface area contributed by atoms with Gasteiger partial charge in [-0.2, -0.15) is 0 Å². The molecule has 1 saturated heterocycles. The van der Waals surface area contributed by atoms with Crippen LogP contribution in [0.2, 0.25) is 0 Å². The number of nitrogens with zero attached hydrogens (tertiary/aromatic N) is 1. The van der Waals surface area contributed by atoms with Crippen LogP contribution >= 0.6 is 22.6 Å². The molecule has 0 spiro atoms. The summed E-state index contributed by atoms with van der Waals surface area (Å²) in [7, 11) is 0. The fourth-order valence-electron chi connectivity index (χ4n) is 2.95. The van der Waals surface area contributed by atoms with E-state index in [0.717, 1.165) is 37.4 Å². The van der Waals surface area contributed by atoms with E-state index in [4.69, 9.17) is 9.47 Å². The molecule has 0 aliphatic carbocycles. The van der Waals surface area contributed by atoms with Gasteiger partial charge >= 0.3 is 0 Å². The van der Waals surface area contributed by atoms with Crippen molar-refractivity contribution in [2.45, 2.75) is 29.9 Å². The number of rotatable bonds is 3. The van der Waals surface area contributed by atoms with Crippen molar-refractivity contribution in [3.63, 3.8) is 0 Å². The smallest absolute Gasteiger partial charge is 0.161 e. The highest BCUT2D eigenvalue weighted by Gasteiger charge is 2.32. The molecular formula is C16H20INO3. The van der Waals surface area contributed by atoms with Crippen molar-refractivity contribution in [3.05, 3.63) is 24.3 Å². The van der Waals surface area contributed by atoms with E-state index >= 15 is 0 Å². The van der Waals surface area contributed by atoms with Crippen molar-refractivity contribution in [2.75, 3.05) is 19.7 Å². The number of ether oxygens (including phenoxy) is 2. The molecule has 0 radical (unpaired) electrons. The molecule has 0 amide bonds. The lowest BCUT2D eigenvalue weighted by Gasteiger charge is -2.38. The minimum absolute atomic E-state index is 0.0612. The summed E-state index contributed by atoms with van der Waals surface area (Å²) in [4.78, 5) is 13.9. The van der Waals surface area contributed by atoms with Crippen molar-refractivity contribution in [1.82, 2.24) is 4.90 Å². The highest BCUT2D eigenvalue weighted by Crippen LogP contribution is 2.32. The first kappa shape index (κ1) is 15.1. The summed E-state index contributed by atoms with van der Waals surface area (Å²) in [5.41, 5.74) is 0. The third-order valence-electron chi connectivity index (χ3n) is 4.22. The Hall–Kier alpha value is -0.820. The average Bonchev–Trinajstić information content (AvgIpc) is 2.49. The van der Waals surface area contributed by atoms with E-state index in [1.807, 2.05) is 24.3 Å². The molecule has 5 heteroatoms. The van der Waals surface area contributed by atoms with Crippen LogP contribution in [0.1, 0.15) is 19.8 Å².